The third-order valence-corrected chi connectivity index (χ3v) is 6.50. The molecule has 2 aromatic rings. The van der Waals surface area contributed by atoms with Crippen molar-refractivity contribution in [1.82, 2.24) is 9.88 Å². The van der Waals surface area contributed by atoms with Crippen molar-refractivity contribution in [3.8, 4) is 0 Å². The molecule has 5 heteroatoms. The number of nitrogens with zero attached hydrogens (tertiary/aromatic N) is 2. The Balaban J connectivity index is 1.29. The minimum Gasteiger partial charge on any atom is -0.373 e. The molecular formula is C20H22N2O2S. The maximum absolute atomic E-state index is 12.6. The molecule has 1 atom stereocenters. The van der Waals surface area contributed by atoms with Crippen molar-refractivity contribution in [2.24, 2.45) is 0 Å². The monoisotopic (exact) mass is 354 g/mol. The van der Waals surface area contributed by atoms with E-state index in [-0.39, 0.29) is 16.8 Å². The highest BCUT2D eigenvalue weighted by molar-refractivity contribution is 8.01. The smallest absolute Gasteiger partial charge is 0.253 e. The zero-order valence-electron chi connectivity index (χ0n) is 14.4. The zero-order valence-corrected chi connectivity index (χ0v) is 15.2. The number of pyridine rings is 1. The summed E-state index contributed by atoms with van der Waals surface area (Å²) in [4.78, 5) is 18.6. The Morgan fingerprint density at radius 3 is 2.88 bits per heavy atom. The Labute approximate surface area is 152 Å². The largest absolute Gasteiger partial charge is 0.373 e. The van der Waals surface area contributed by atoms with Crippen LogP contribution in [0.5, 0.6) is 0 Å². The van der Waals surface area contributed by atoms with E-state index in [1.165, 1.54) is 0 Å². The maximum Gasteiger partial charge on any atom is 0.253 e. The van der Waals surface area contributed by atoms with Gasteiger partial charge in [-0.3, -0.25) is 9.78 Å². The molecule has 2 aliphatic heterocycles. The van der Waals surface area contributed by atoms with Crippen LogP contribution in [0, 0.1) is 6.92 Å². The molecule has 2 fully saturated rings. The van der Waals surface area contributed by atoms with Gasteiger partial charge in [-0.2, -0.15) is 0 Å². The van der Waals surface area contributed by atoms with Crippen LogP contribution in [0.4, 0.5) is 0 Å². The highest BCUT2D eigenvalue weighted by Gasteiger charge is 2.50. The van der Waals surface area contributed by atoms with Gasteiger partial charge in [0.15, 0.2) is 0 Å². The molecule has 0 aliphatic carbocycles. The Morgan fingerprint density at radius 2 is 2.12 bits per heavy atom. The van der Waals surface area contributed by atoms with Gasteiger partial charge in [-0.05, 0) is 43.2 Å². The number of hydrogen-bond donors (Lipinski definition) is 0. The molecule has 25 heavy (non-hydrogen) atoms. The van der Waals surface area contributed by atoms with Crippen LogP contribution in [0.1, 0.15) is 27.9 Å². The molecule has 2 saturated heterocycles. The van der Waals surface area contributed by atoms with Gasteiger partial charge in [-0.15, -0.1) is 11.8 Å². The summed E-state index contributed by atoms with van der Waals surface area (Å²) in [5, 5.41) is 0. The van der Waals surface area contributed by atoms with Crippen molar-refractivity contribution >= 4 is 17.7 Å². The summed E-state index contributed by atoms with van der Waals surface area (Å²) in [6, 6.07) is 11.8. The second-order valence-corrected chi connectivity index (χ2v) is 8.51. The van der Waals surface area contributed by atoms with Crippen molar-refractivity contribution in [1.29, 1.82) is 0 Å². The maximum atomic E-state index is 12.6. The molecule has 0 saturated carbocycles. The lowest BCUT2D eigenvalue weighted by molar-refractivity contribution is 0.0255. The van der Waals surface area contributed by atoms with E-state index in [1.807, 2.05) is 60.0 Å². The molecular weight excluding hydrogens is 332 g/mol. The molecule has 0 radical (unpaired) electrons. The highest BCUT2D eigenvalue weighted by atomic mass is 32.2. The molecule has 1 aromatic carbocycles. The standard InChI is InChI=1S/C20H22N2O2S/c1-15-3-2-4-17(9-15)19(23)22-13-20(14-22)10-18(12-25-20)24-11-16-5-7-21-8-6-16/h2-9,18H,10-14H2,1H3/t18-/m1/s1. The van der Waals surface area contributed by atoms with Gasteiger partial charge in [0.2, 0.25) is 0 Å². The SMILES string of the molecule is Cc1cccc(C(=O)N2CC3(C[C@@H](OCc4ccncc4)CS3)C2)c1. The molecule has 2 aliphatic rings. The lowest BCUT2D eigenvalue weighted by Gasteiger charge is -2.47. The van der Waals surface area contributed by atoms with E-state index >= 15 is 0 Å². The summed E-state index contributed by atoms with van der Waals surface area (Å²) < 4.78 is 6.26. The summed E-state index contributed by atoms with van der Waals surface area (Å²) in [5.74, 6) is 1.16. The van der Waals surface area contributed by atoms with Crippen molar-refractivity contribution in [2.75, 3.05) is 18.8 Å². The Bertz CT molecular complexity index is 759. The number of rotatable bonds is 4. The van der Waals surface area contributed by atoms with Crippen molar-refractivity contribution in [3.05, 3.63) is 65.5 Å². The van der Waals surface area contributed by atoms with Gasteiger partial charge in [0.1, 0.15) is 0 Å². The minimum absolute atomic E-state index is 0.149. The summed E-state index contributed by atoms with van der Waals surface area (Å²) in [6.07, 6.45) is 4.89. The normalized spacial score (nSPS) is 21.3. The molecule has 1 amide bonds. The van der Waals surface area contributed by atoms with Gasteiger partial charge >= 0.3 is 0 Å². The first-order valence-electron chi connectivity index (χ1n) is 8.64. The molecule has 1 spiro atoms. The van der Waals surface area contributed by atoms with E-state index in [4.69, 9.17) is 4.74 Å². The quantitative estimate of drug-likeness (QED) is 0.845. The average molecular weight is 354 g/mol. The fourth-order valence-corrected chi connectivity index (χ4v) is 5.13. The van der Waals surface area contributed by atoms with Gasteiger partial charge in [-0.25, -0.2) is 0 Å². The third kappa shape index (κ3) is 3.58. The van der Waals surface area contributed by atoms with Crippen LogP contribution in [0.25, 0.3) is 0 Å². The van der Waals surface area contributed by atoms with Crippen molar-refractivity contribution < 1.29 is 9.53 Å². The van der Waals surface area contributed by atoms with Crippen LogP contribution in [-0.2, 0) is 11.3 Å². The number of aromatic nitrogens is 1. The van der Waals surface area contributed by atoms with Gasteiger partial charge in [0, 0.05) is 36.8 Å². The molecule has 0 N–H and O–H groups in total. The molecule has 4 nitrogen and oxygen atoms in total. The number of amides is 1. The average Bonchev–Trinajstić information content (AvgIpc) is 3.04. The van der Waals surface area contributed by atoms with Crippen LogP contribution < -0.4 is 0 Å². The summed E-state index contributed by atoms with van der Waals surface area (Å²) in [5.41, 5.74) is 3.08. The van der Waals surface area contributed by atoms with Crippen LogP contribution in [-0.4, -0.2) is 45.5 Å². The Hall–Kier alpha value is -1.85. The lowest BCUT2D eigenvalue weighted by atomic mass is 9.92. The fraction of sp³-hybridized carbons (Fsp3) is 0.400. The first kappa shape index (κ1) is 16.6. The molecule has 0 bridgehead atoms. The number of aryl methyl sites for hydroxylation is 1. The number of carbonyl (C=O) groups is 1. The van der Waals surface area contributed by atoms with Crippen molar-refractivity contribution in [3.63, 3.8) is 0 Å². The number of hydrogen-bond acceptors (Lipinski definition) is 4. The number of carbonyl (C=O) groups excluding carboxylic acids is 1. The minimum atomic E-state index is 0.149. The van der Waals surface area contributed by atoms with E-state index < -0.39 is 0 Å². The van der Waals surface area contributed by atoms with E-state index in [9.17, 15) is 4.79 Å². The van der Waals surface area contributed by atoms with E-state index in [0.29, 0.717) is 6.61 Å². The Kier molecular flexibility index (Phi) is 4.52. The van der Waals surface area contributed by atoms with Gasteiger partial charge < -0.3 is 9.64 Å². The molecule has 4 rings (SSSR count). The van der Waals surface area contributed by atoms with Crippen LogP contribution in [0.15, 0.2) is 48.8 Å². The van der Waals surface area contributed by atoms with Crippen LogP contribution in [0.3, 0.4) is 0 Å². The van der Waals surface area contributed by atoms with Crippen LogP contribution in [0.2, 0.25) is 0 Å². The fourth-order valence-electron chi connectivity index (χ4n) is 3.58. The van der Waals surface area contributed by atoms with E-state index in [2.05, 4.69) is 4.98 Å². The lowest BCUT2D eigenvalue weighted by Crippen LogP contribution is -2.60. The second kappa shape index (κ2) is 6.81. The molecule has 130 valence electrons. The van der Waals surface area contributed by atoms with Crippen LogP contribution >= 0.6 is 11.8 Å². The first-order valence-corrected chi connectivity index (χ1v) is 9.63. The molecule has 1 aromatic heterocycles. The first-order chi connectivity index (χ1) is 12.1. The molecule has 0 unspecified atom stereocenters. The third-order valence-electron chi connectivity index (χ3n) is 4.92. The molecule has 3 heterocycles. The summed E-state index contributed by atoms with van der Waals surface area (Å²) in [7, 11) is 0. The number of ether oxygens (including phenoxy) is 1. The van der Waals surface area contributed by atoms with Crippen molar-refractivity contribution in [2.45, 2.75) is 30.8 Å². The second-order valence-electron chi connectivity index (χ2n) is 7.02. The summed E-state index contributed by atoms with van der Waals surface area (Å²) >= 11 is 1.96. The summed E-state index contributed by atoms with van der Waals surface area (Å²) in [6.45, 7) is 4.32. The highest BCUT2D eigenvalue weighted by Crippen LogP contribution is 2.46. The topological polar surface area (TPSA) is 42.4 Å². The van der Waals surface area contributed by atoms with Gasteiger partial charge in [0.25, 0.3) is 5.91 Å². The van der Waals surface area contributed by atoms with E-state index in [1.54, 1.807) is 12.4 Å². The Morgan fingerprint density at radius 1 is 1.32 bits per heavy atom. The zero-order chi connectivity index (χ0) is 17.3. The number of thioether (sulfide) groups is 1. The number of likely N-dealkylation sites (tertiary alicyclic amines) is 1. The number of benzene rings is 1. The van der Waals surface area contributed by atoms with Gasteiger partial charge in [-0.1, -0.05) is 17.7 Å². The predicted octanol–water partition coefficient (Wildman–Crippen LogP) is 3.31. The van der Waals surface area contributed by atoms with E-state index in [0.717, 1.165) is 42.0 Å². The van der Waals surface area contributed by atoms with Gasteiger partial charge in [0.05, 0.1) is 17.5 Å². The predicted molar refractivity (Wildman–Crippen MR) is 99.7 cm³/mol.